The van der Waals surface area contributed by atoms with Gasteiger partial charge in [0.05, 0.1) is 17.3 Å². The number of aromatic nitrogens is 2. The maximum atomic E-state index is 9.02. The minimum Gasteiger partial charge on any atom is -0.453 e. The van der Waals surface area contributed by atoms with Crippen molar-refractivity contribution in [2.24, 2.45) is 0 Å². The van der Waals surface area contributed by atoms with Gasteiger partial charge in [-0.05, 0) is 62.3 Å². The highest BCUT2D eigenvalue weighted by Crippen LogP contribution is 2.37. The molecule has 1 aliphatic rings. The van der Waals surface area contributed by atoms with Crippen molar-refractivity contribution < 1.29 is 4.74 Å². The molecule has 0 radical (unpaired) electrons. The third-order valence-corrected chi connectivity index (χ3v) is 7.27. The first-order valence-electron chi connectivity index (χ1n) is 11.1. The van der Waals surface area contributed by atoms with E-state index in [1.807, 2.05) is 66.9 Å². The van der Waals surface area contributed by atoms with Crippen LogP contribution in [0.5, 0.6) is 11.5 Å². The number of para-hydroxylation sites is 1. The molecule has 170 valence electrons. The Morgan fingerprint density at radius 3 is 2.62 bits per heavy atom. The molecule has 0 atom stereocenters. The van der Waals surface area contributed by atoms with E-state index in [0.717, 1.165) is 52.3 Å². The topological polar surface area (TPSA) is 82.9 Å². The first-order valence-corrected chi connectivity index (χ1v) is 12.8. The number of nitrogens with one attached hydrogen (secondary N) is 2. The number of piperidine rings is 1. The summed E-state index contributed by atoms with van der Waals surface area (Å²) in [5.41, 5.74) is 1.79. The number of rotatable bonds is 7. The number of pyridine rings is 1. The Hall–Kier alpha value is -3.38. The second-order valence-electron chi connectivity index (χ2n) is 7.90. The van der Waals surface area contributed by atoms with Gasteiger partial charge in [0.15, 0.2) is 16.7 Å². The van der Waals surface area contributed by atoms with Crippen LogP contribution in [0, 0.1) is 11.3 Å². The maximum absolute atomic E-state index is 9.02. The second-order valence-corrected chi connectivity index (χ2v) is 9.90. The summed E-state index contributed by atoms with van der Waals surface area (Å²) in [6.45, 7) is 2.08. The van der Waals surface area contributed by atoms with Crippen molar-refractivity contribution >= 4 is 34.0 Å². The lowest BCUT2D eigenvalue weighted by molar-refractivity contribution is 0.455. The molecule has 1 aliphatic heterocycles. The lowest BCUT2D eigenvalue weighted by Gasteiger charge is -2.20. The zero-order chi connectivity index (χ0) is 23.2. The number of hydrogen-bond acceptors (Lipinski definition) is 8. The molecule has 6 nitrogen and oxygen atoms in total. The first-order chi connectivity index (χ1) is 16.8. The molecule has 1 saturated heterocycles. The van der Waals surface area contributed by atoms with Crippen LogP contribution in [-0.4, -0.2) is 23.1 Å². The minimum atomic E-state index is 0.507. The molecular formula is C26H23N5OS2. The van der Waals surface area contributed by atoms with Crippen LogP contribution in [0.4, 0.5) is 10.9 Å². The van der Waals surface area contributed by atoms with Crippen molar-refractivity contribution in [1.82, 2.24) is 15.3 Å². The van der Waals surface area contributed by atoms with Crippen molar-refractivity contribution in [1.29, 1.82) is 5.26 Å². The molecule has 0 spiro atoms. The van der Waals surface area contributed by atoms with Gasteiger partial charge in [-0.15, -0.1) is 11.3 Å². The van der Waals surface area contributed by atoms with E-state index in [0.29, 0.717) is 23.0 Å². The molecule has 3 heterocycles. The fraction of sp³-hybridized carbons (Fsp3) is 0.192. The van der Waals surface area contributed by atoms with Crippen LogP contribution in [0.2, 0.25) is 0 Å². The molecule has 1 fully saturated rings. The van der Waals surface area contributed by atoms with Crippen LogP contribution in [0.1, 0.15) is 30.0 Å². The number of thiazole rings is 1. The molecule has 0 bridgehead atoms. The fourth-order valence-electron chi connectivity index (χ4n) is 3.75. The quantitative estimate of drug-likeness (QED) is 0.306. The summed E-state index contributed by atoms with van der Waals surface area (Å²) in [5.74, 6) is 2.50. The van der Waals surface area contributed by atoms with Crippen LogP contribution >= 0.6 is 23.1 Å². The van der Waals surface area contributed by atoms with Crippen molar-refractivity contribution in [3.05, 3.63) is 83.5 Å². The molecule has 4 aromatic rings. The third kappa shape index (κ3) is 5.57. The van der Waals surface area contributed by atoms with Gasteiger partial charge in [-0.25, -0.2) is 9.97 Å². The van der Waals surface area contributed by atoms with Gasteiger partial charge in [-0.3, -0.25) is 0 Å². The van der Waals surface area contributed by atoms with Crippen molar-refractivity contribution in [3.8, 4) is 17.6 Å². The van der Waals surface area contributed by atoms with Gasteiger partial charge in [0.1, 0.15) is 5.75 Å². The second kappa shape index (κ2) is 10.7. The molecule has 0 aliphatic carbocycles. The van der Waals surface area contributed by atoms with E-state index in [-0.39, 0.29) is 0 Å². The van der Waals surface area contributed by atoms with Crippen LogP contribution < -0.4 is 15.4 Å². The molecule has 2 aromatic carbocycles. The van der Waals surface area contributed by atoms with E-state index in [4.69, 9.17) is 15.0 Å². The van der Waals surface area contributed by atoms with E-state index in [2.05, 4.69) is 27.1 Å². The van der Waals surface area contributed by atoms with E-state index < -0.39 is 0 Å². The number of ether oxygens (including phenoxy) is 1. The SMILES string of the molecule is N#Cc1ccc(Sc2cnc(Nc3nc(C4CCNCC4)cs3)c(Oc3ccccc3)c2)cc1. The summed E-state index contributed by atoms with van der Waals surface area (Å²) in [5, 5.41) is 18.8. The molecule has 34 heavy (non-hydrogen) atoms. The summed E-state index contributed by atoms with van der Waals surface area (Å²) in [4.78, 5) is 11.5. The predicted octanol–water partition coefficient (Wildman–Crippen LogP) is 6.56. The lowest BCUT2D eigenvalue weighted by Crippen LogP contribution is -2.26. The molecule has 5 rings (SSSR count). The highest BCUT2D eigenvalue weighted by molar-refractivity contribution is 7.99. The zero-order valence-electron chi connectivity index (χ0n) is 18.4. The van der Waals surface area contributed by atoms with Crippen LogP contribution in [0.3, 0.4) is 0 Å². The molecule has 0 unspecified atom stereocenters. The largest absolute Gasteiger partial charge is 0.453 e. The Morgan fingerprint density at radius 2 is 1.85 bits per heavy atom. The zero-order valence-corrected chi connectivity index (χ0v) is 20.0. The number of nitrogens with zero attached hydrogens (tertiary/aromatic N) is 3. The maximum Gasteiger partial charge on any atom is 0.188 e. The molecule has 2 N–H and O–H groups in total. The summed E-state index contributed by atoms with van der Waals surface area (Å²) in [7, 11) is 0. The molecule has 0 amide bonds. The Kier molecular flexibility index (Phi) is 7.05. The molecule has 8 heteroatoms. The van der Waals surface area contributed by atoms with E-state index >= 15 is 0 Å². The van der Waals surface area contributed by atoms with Crippen molar-refractivity contribution in [2.45, 2.75) is 28.6 Å². The highest BCUT2D eigenvalue weighted by atomic mass is 32.2. The smallest absolute Gasteiger partial charge is 0.188 e. The third-order valence-electron chi connectivity index (χ3n) is 5.52. The van der Waals surface area contributed by atoms with E-state index in [1.165, 1.54) is 0 Å². The summed E-state index contributed by atoms with van der Waals surface area (Å²) < 4.78 is 6.21. The van der Waals surface area contributed by atoms with Crippen molar-refractivity contribution in [2.75, 3.05) is 18.4 Å². The molecular weight excluding hydrogens is 462 g/mol. The lowest BCUT2D eigenvalue weighted by atomic mass is 9.96. The molecule has 0 saturated carbocycles. The Balaban J connectivity index is 1.39. The number of hydrogen-bond donors (Lipinski definition) is 2. The van der Waals surface area contributed by atoms with Crippen LogP contribution in [-0.2, 0) is 0 Å². The van der Waals surface area contributed by atoms with Gasteiger partial charge in [0, 0.05) is 33.4 Å². The van der Waals surface area contributed by atoms with Gasteiger partial charge in [-0.2, -0.15) is 5.26 Å². The Labute approximate surface area is 207 Å². The van der Waals surface area contributed by atoms with Gasteiger partial charge in [-0.1, -0.05) is 30.0 Å². The summed E-state index contributed by atoms with van der Waals surface area (Å²) in [6.07, 6.45) is 4.06. The number of anilines is 2. The van der Waals surface area contributed by atoms with Crippen LogP contribution in [0.25, 0.3) is 0 Å². The van der Waals surface area contributed by atoms with E-state index in [1.54, 1.807) is 23.1 Å². The minimum absolute atomic E-state index is 0.507. The highest BCUT2D eigenvalue weighted by Gasteiger charge is 2.19. The molecule has 2 aromatic heterocycles. The standard InChI is InChI=1S/C26H23N5OS2/c27-15-18-6-8-21(9-7-18)34-22-14-24(32-20-4-2-1-3-5-20)25(29-16-22)31-26-30-23(17-33-26)19-10-12-28-13-11-19/h1-9,14,16-17,19,28H,10-13H2,(H,29,30,31). The predicted molar refractivity (Wildman–Crippen MR) is 136 cm³/mol. The number of benzene rings is 2. The number of nitriles is 1. The van der Waals surface area contributed by atoms with Gasteiger partial charge in [0.25, 0.3) is 0 Å². The van der Waals surface area contributed by atoms with E-state index in [9.17, 15) is 0 Å². The average molecular weight is 486 g/mol. The fourth-order valence-corrected chi connectivity index (χ4v) is 5.36. The van der Waals surface area contributed by atoms with Gasteiger partial charge >= 0.3 is 0 Å². The summed E-state index contributed by atoms with van der Waals surface area (Å²) >= 11 is 3.16. The van der Waals surface area contributed by atoms with Crippen molar-refractivity contribution in [3.63, 3.8) is 0 Å². The van der Waals surface area contributed by atoms with Gasteiger partial charge in [0.2, 0.25) is 0 Å². The Morgan fingerprint density at radius 1 is 1.06 bits per heavy atom. The summed E-state index contributed by atoms with van der Waals surface area (Å²) in [6, 6.07) is 21.3. The monoisotopic (exact) mass is 485 g/mol. The first kappa shape index (κ1) is 22.4. The normalized spacial score (nSPS) is 13.9. The van der Waals surface area contributed by atoms with Crippen LogP contribution in [0.15, 0.2) is 82.0 Å². The Bertz CT molecular complexity index is 1280. The van der Waals surface area contributed by atoms with Gasteiger partial charge < -0.3 is 15.4 Å². The average Bonchev–Trinajstić information content (AvgIpc) is 3.36.